The van der Waals surface area contributed by atoms with Gasteiger partial charge in [0.25, 0.3) is 0 Å². The molecule has 2 saturated heterocycles. The first kappa shape index (κ1) is 14.3. The summed E-state index contributed by atoms with van der Waals surface area (Å²) >= 11 is 0. The quantitative estimate of drug-likeness (QED) is 0.831. The largest absolute Gasteiger partial charge is 0.373 e. The molecule has 2 aliphatic heterocycles. The summed E-state index contributed by atoms with van der Waals surface area (Å²) in [4.78, 5) is 12.2. The smallest absolute Gasteiger partial charge is 0.220 e. The van der Waals surface area contributed by atoms with E-state index in [0.29, 0.717) is 12.3 Å². The van der Waals surface area contributed by atoms with Crippen molar-refractivity contribution in [3.05, 3.63) is 0 Å². The zero-order chi connectivity index (χ0) is 13.8. The lowest BCUT2D eigenvalue weighted by Crippen LogP contribution is -2.39. The highest BCUT2D eigenvalue weighted by molar-refractivity contribution is 5.76. The van der Waals surface area contributed by atoms with E-state index in [0.717, 1.165) is 39.0 Å². The van der Waals surface area contributed by atoms with Gasteiger partial charge in [-0.3, -0.25) is 4.79 Å². The Morgan fingerprint density at radius 2 is 1.95 bits per heavy atom. The van der Waals surface area contributed by atoms with Crippen LogP contribution in [0, 0.1) is 5.92 Å². The van der Waals surface area contributed by atoms with Crippen molar-refractivity contribution >= 4 is 5.91 Å². The van der Waals surface area contributed by atoms with Crippen molar-refractivity contribution in [2.24, 2.45) is 5.92 Å². The molecule has 3 aliphatic rings. The van der Waals surface area contributed by atoms with Crippen molar-refractivity contribution in [2.75, 3.05) is 19.7 Å². The molecule has 0 aromatic carbocycles. The average molecular weight is 280 g/mol. The van der Waals surface area contributed by atoms with E-state index in [-0.39, 0.29) is 17.6 Å². The fraction of sp³-hybridized carbons (Fsp3) is 0.938. The number of nitrogens with one attached hydrogen (secondary N) is 2. The second kappa shape index (κ2) is 6.44. The fourth-order valence-corrected chi connectivity index (χ4v) is 4.12. The lowest BCUT2D eigenvalue weighted by atomic mass is 9.82. The van der Waals surface area contributed by atoms with E-state index in [4.69, 9.17) is 4.74 Å². The molecule has 20 heavy (non-hydrogen) atoms. The lowest BCUT2D eigenvalue weighted by Gasteiger charge is -2.32. The normalized spacial score (nSPS) is 30.5. The van der Waals surface area contributed by atoms with Crippen LogP contribution in [0.2, 0.25) is 0 Å². The molecule has 0 bridgehead atoms. The Morgan fingerprint density at radius 1 is 1.20 bits per heavy atom. The predicted octanol–water partition coefficient (Wildman–Crippen LogP) is 1.98. The minimum Gasteiger partial charge on any atom is -0.373 e. The second-order valence-corrected chi connectivity index (χ2v) is 6.92. The van der Waals surface area contributed by atoms with Gasteiger partial charge in [-0.25, -0.2) is 0 Å². The van der Waals surface area contributed by atoms with Gasteiger partial charge < -0.3 is 15.4 Å². The summed E-state index contributed by atoms with van der Waals surface area (Å²) in [5, 5.41) is 6.56. The Labute approximate surface area is 122 Å². The van der Waals surface area contributed by atoms with Crippen LogP contribution >= 0.6 is 0 Å². The highest BCUT2D eigenvalue weighted by Gasteiger charge is 2.41. The summed E-state index contributed by atoms with van der Waals surface area (Å²) < 4.78 is 6.06. The molecular weight excluding hydrogens is 252 g/mol. The molecule has 4 nitrogen and oxygen atoms in total. The highest BCUT2D eigenvalue weighted by Crippen LogP contribution is 2.39. The van der Waals surface area contributed by atoms with Gasteiger partial charge in [0, 0.05) is 6.42 Å². The highest BCUT2D eigenvalue weighted by atomic mass is 16.5. The number of carbonyl (C=O) groups is 1. The Balaban J connectivity index is 1.43. The van der Waals surface area contributed by atoms with Crippen LogP contribution in [0.1, 0.15) is 57.8 Å². The van der Waals surface area contributed by atoms with E-state index in [1.807, 2.05) is 0 Å². The maximum atomic E-state index is 12.2. The van der Waals surface area contributed by atoms with Crippen molar-refractivity contribution in [1.82, 2.24) is 10.6 Å². The van der Waals surface area contributed by atoms with Crippen LogP contribution < -0.4 is 10.6 Å². The molecule has 0 radical (unpaired) electrons. The van der Waals surface area contributed by atoms with E-state index < -0.39 is 0 Å². The molecule has 1 saturated carbocycles. The van der Waals surface area contributed by atoms with Gasteiger partial charge in [-0.1, -0.05) is 19.3 Å². The zero-order valence-corrected chi connectivity index (χ0v) is 12.5. The summed E-state index contributed by atoms with van der Waals surface area (Å²) in [5.74, 6) is 0.806. The molecule has 2 N–H and O–H groups in total. The first-order valence-corrected chi connectivity index (χ1v) is 8.40. The average Bonchev–Trinajstić information content (AvgIpc) is 2.83. The monoisotopic (exact) mass is 280 g/mol. The number of piperidine rings is 1. The summed E-state index contributed by atoms with van der Waals surface area (Å²) in [6, 6.07) is 0.252. The maximum Gasteiger partial charge on any atom is 0.220 e. The third-order valence-electron chi connectivity index (χ3n) is 5.27. The van der Waals surface area contributed by atoms with Gasteiger partial charge in [-0.05, 0) is 51.1 Å². The number of hydrogen-bond acceptors (Lipinski definition) is 3. The number of amides is 1. The first-order valence-electron chi connectivity index (χ1n) is 8.40. The zero-order valence-electron chi connectivity index (χ0n) is 12.5. The summed E-state index contributed by atoms with van der Waals surface area (Å²) in [6.45, 7) is 2.85. The van der Waals surface area contributed by atoms with Crippen LogP contribution in [0.5, 0.6) is 0 Å². The number of rotatable bonds is 3. The van der Waals surface area contributed by atoms with Gasteiger partial charge >= 0.3 is 0 Å². The van der Waals surface area contributed by atoms with Crippen LogP contribution in [0.4, 0.5) is 0 Å². The Hall–Kier alpha value is -0.610. The van der Waals surface area contributed by atoms with E-state index >= 15 is 0 Å². The van der Waals surface area contributed by atoms with E-state index in [2.05, 4.69) is 10.6 Å². The number of ether oxygens (including phenoxy) is 1. The van der Waals surface area contributed by atoms with Crippen molar-refractivity contribution in [2.45, 2.75) is 69.4 Å². The van der Waals surface area contributed by atoms with Gasteiger partial charge in [0.1, 0.15) is 0 Å². The summed E-state index contributed by atoms with van der Waals surface area (Å²) in [7, 11) is 0. The number of carbonyl (C=O) groups excluding carboxylic acids is 1. The van der Waals surface area contributed by atoms with Crippen LogP contribution in [-0.2, 0) is 9.53 Å². The molecule has 3 rings (SSSR count). The molecule has 2 heterocycles. The molecule has 1 spiro atoms. The third kappa shape index (κ3) is 3.53. The molecule has 0 aromatic rings. The standard InChI is InChI=1S/C16H28N2O2/c19-15(10-13-4-8-17-9-5-13)18-14-11-16(20-12-14)6-2-1-3-7-16/h13-14,17H,1-12H2,(H,18,19). The fourth-order valence-electron chi connectivity index (χ4n) is 4.12. The topological polar surface area (TPSA) is 50.4 Å². The Bertz CT molecular complexity index is 333. The van der Waals surface area contributed by atoms with Crippen molar-refractivity contribution in [1.29, 1.82) is 0 Å². The molecule has 1 unspecified atom stereocenters. The summed E-state index contributed by atoms with van der Waals surface area (Å²) in [6.07, 6.45) is 10.3. The van der Waals surface area contributed by atoms with Crippen LogP contribution in [0.15, 0.2) is 0 Å². The van der Waals surface area contributed by atoms with Gasteiger partial charge in [0.2, 0.25) is 5.91 Å². The molecule has 1 aliphatic carbocycles. The van der Waals surface area contributed by atoms with Crippen LogP contribution in [-0.4, -0.2) is 37.2 Å². The number of hydrogen-bond donors (Lipinski definition) is 2. The molecular formula is C16H28N2O2. The first-order chi connectivity index (χ1) is 9.76. The lowest BCUT2D eigenvalue weighted by molar-refractivity contribution is -0.122. The molecule has 4 heteroatoms. The Morgan fingerprint density at radius 3 is 2.70 bits per heavy atom. The van der Waals surface area contributed by atoms with Gasteiger partial charge in [-0.2, -0.15) is 0 Å². The third-order valence-corrected chi connectivity index (χ3v) is 5.27. The van der Waals surface area contributed by atoms with Gasteiger partial charge in [-0.15, -0.1) is 0 Å². The minimum absolute atomic E-state index is 0.102. The molecule has 1 atom stereocenters. The maximum absolute atomic E-state index is 12.2. The van der Waals surface area contributed by atoms with Crippen molar-refractivity contribution < 1.29 is 9.53 Å². The van der Waals surface area contributed by atoms with Crippen LogP contribution in [0.3, 0.4) is 0 Å². The summed E-state index contributed by atoms with van der Waals surface area (Å²) in [5.41, 5.74) is 0.102. The van der Waals surface area contributed by atoms with E-state index in [9.17, 15) is 4.79 Å². The van der Waals surface area contributed by atoms with Crippen LogP contribution in [0.25, 0.3) is 0 Å². The molecule has 1 amide bonds. The molecule has 3 fully saturated rings. The van der Waals surface area contributed by atoms with Crippen molar-refractivity contribution in [3.63, 3.8) is 0 Å². The van der Waals surface area contributed by atoms with Gasteiger partial charge in [0.15, 0.2) is 0 Å². The van der Waals surface area contributed by atoms with Crippen molar-refractivity contribution in [3.8, 4) is 0 Å². The molecule has 114 valence electrons. The van der Waals surface area contributed by atoms with E-state index in [1.54, 1.807) is 0 Å². The minimum atomic E-state index is 0.102. The van der Waals surface area contributed by atoms with Gasteiger partial charge in [0.05, 0.1) is 18.2 Å². The van der Waals surface area contributed by atoms with E-state index in [1.165, 1.54) is 32.1 Å². The second-order valence-electron chi connectivity index (χ2n) is 6.92. The predicted molar refractivity (Wildman–Crippen MR) is 78.5 cm³/mol. The molecule has 0 aromatic heterocycles. The Kier molecular flexibility index (Phi) is 4.61. The SMILES string of the molecule is O=C(CC1CCNCC1)NC1COC2(CCCCC2)C1.